The first-order valence-electron chi connectivity index (χ1n) is 15.7. The van der Waals surface area contributed by atoms with E-state index in [9.17, 15) is 0 Å². The molecule has 2 rings (SSSR count). The number of pyridine rings is 2. The van der Waals surface area contributed by atoms with Crippen molar-refractivity contribution in [3.63, 3.8) is 0 Å². The minimum atomic E-state index is 1.15. The summed E-state index contributed by atoms with van der Waals surface area (Å²) in [6.07, 6.45) is 34.2. The number of aryl methyl sites for hydroxylation is 2. The van der Waals surface area contributed by atoms with E-state index in [2.05, 4.69) is 48.1 Å². The van der Waals surface area contributed by atoms with E-state index in [0.29, 0.717) is 0 Å². The number of unbranched alkanes of at least 4 members (excludes halogenated alkanes) is 18. The summed E-state index contributed by atoms with van der Waals surface area (Å²) in [5.74, 6) is 0. The second-order valence-electron chi connectivity index (χ2n) is 10.5. The van der Waals surface area contributed by atoms with Crippen molar-refractivity contribution < 1.29 is 0 Å². The highest BCUT2D eigenvalue weighted by atomic mass is 14.7. The molecule has 0 amide bonds. The van der Waals surface area contributed by atoms with E-state index in [4.69, 9.17) is 0 Å². The zero-order chi connectivity index (χ0) is 25.8. The molecule has 0 N–H and O–H groups in total. The first-order valence-corrected chi connectivity index (χ1v) is 15.7. The molecule has 0 aliphatic rings. The Morgan fingerprint density at radius 2 is 0.694 bits per heavy atom. The van der Waals surface area contributed by atoms with Gasteiger partial charge in [0.15, 0.2) is 0 Å². The Morgan fingerprint density at radius 1 is 0.389 bits per heavy atom. The summed E-state index contributed by atoms with van der Waals surface area (Å²) in [5, 5.41) is 0. The molecule has 0 unspecified atom stereocenters. The molecule has 0 aliphatic carbocycles. The van der Waals surface area contributed by atoms with Crippen molar-refractivity contribution >= 4 is 0 Å². The summed E-state index contributed by atoms with van der Waals surface area (Å²) in [6.45, 7) is 4.56. The normalized spacial score (nSPS) is 10.7. The second-order valence-corrected chi connectivity index (χ2v) is 10.5. The molecule has 0 atom stereocenters. The van der Waals surface area contributed by atoms with Crippen LogP contribution in [0.15, 0.2) is 48.8 Å². The highest BCUT2D eigenvalue weighted by Gasteiger charge is 1.96. The SMILES string of the molecule is CCCCCCCCCCCCc1ccccn1.CCCCCCCCCCCCc1ccccn1. The molecule has 0 saturated heterocycles. The highest BCUT2D eigenvalue weighted by molar-refractivity contribution is 5.03. The largest absolute Gasteiger partial charge is 0.261 e. The quantitative estimate of drug-likeness (QED) is 0.152. The van der Waals surface area contributed by atoms with Crippen LogP contribution in [-0.4, -0.2) is 9.97 Å². The molecule has 204 valence electrons. The first-order chi connectivity index (χ1) is 17.9. The third-order valence-electron chi connectivity index (χ3n) is 7.03. The van der Waals surface area contributed by atoms with Crippen LogP contribution in [0.1, 0.15) is 154 Å². The van der Waals surface area contributed by atoms with Crippen LogP contribution < -0.4 is 0 Å². The molecule has 0 aromatic carbocycles. The van der Waals surface area contributed by atoms with E-state index in [0.717, 1.165) is 12.8 Å². The Balaban J connectivity index is 0.000000360. The zero-order valence-electron chi connectivity index (χ0n) is 24.1. The Kier molecular flexibility index (Phi) is 23.7. The van der Waals surface area contributed by atoms with Crippen molar-refractivity contribution in [3.05, 3.63) is 60.2 Å². The van der Waals surface area contributed by atoms with Crippen molar-refractivity contribution in [2.24, 2.45) is 0 Å². The maximum Gasteiger partial charge on any atom is 0.0403 e. The predicted molar refractivity (Wildman–Crippen MR) is 160 cm³/mol. The summed E-state index contributed by atoms with van der Waals surface area (Å²) >= 11 is 0. The summed E-state index contributed by atoms with van der Waals surface area (Å²) in [6, 6.07) is 12.4. The molecule has 2 aromatic heterocycles. The van der Waals surface area contributed by atoms with Gasteiger partial charge in [-0.2, -0.15) is 0 Å². The maximum absolute atomic E-state index is 4.35. The minimum Gasteiger partial charge on any atom is -0.261 e. The lowest BCUT2D eigenvalue weighted by Crippen LogP contribution is -1.89. The highest BCUT2D eigenvalue weighted by Crippen LogP contribution is 2.13. The molecule has 36 heavy (non-hydrogen) atoms. The summed E-state index contributed by atoms with van der Waals surface area (Å²) < 4.78 is 0. The lowest BCUT2D eigenvalue weighted by Gasteiger charge is -2.02. The maximum atomic E-state index is 4.35. The van der Waals surface area contributed by atoms with Gasteiger partial charge in [0.05, 0.1) is 0 Å². The van der Waals surface area contributed by atoms with Gasteiger partial charge < -0.3 is 0 Å². The molecule has 0 spiro atoms. The molecule has 0 fully saturated rings. The molecular formula is C34H58N2. The van der Waals surface area contributed by atoms with E-state index in [-0.39, 0.29) is 0 Å². The zero-order valence-corrected chi connectivity index (χ0v) is 24.1. The van der Waals surface area contributed by atoms with Crippen LogP contribution in [0.2, 0.25) is 0 Å². The van der Waals surface area contributed by atoms with Crippen molar-refractivity contribution in [1.29, 1.82) is 0 Å². The molecule has 2 nitrogen and oxygen atoms in total. The van der Waals surface area contributed by atoms with Crippen LogP contribution in [0.5, 0.6) is 0 Å². The third-order valence-corrected chi connectivity index (χ3v) is 7.03. The number of hydrogen-bond acceptors (Lipinski definition) is 2. The molecule has 0 aliphatic heterocycles. The fourth-order valence-electron chi connectivity index (χ4n) is 4.68. The monoisotopic (exact) mass is 494 g/mol. The smallest absolute Gasteiger partial charge is 0.0403 e. The minimum absolute atomic E-state index is 1.15. The summed E-state index contributed by atoms with van der Waals surface area (Å²) in [7, 11) is 0. The number of rotatable bonds is 22. The molecule has 2 heterocycles. The van der Waals surface area contributed by atoms with Gasteiger partial charge in [-0.1, -0.05) is 142 Å². The molecule has 2 aromatic rings. The van der Waals surface area contributed by atoms with Crippen molar-refractivity contribution in [3.8, 4) is 0 Å². The lowest BCUT2D eigenvalue weighted by molar-refractivity contribution is 0.555. The van der Waals surface area contributed by atoms with Gasteiger partial charge in [-0.05, 0) is 49.9 Å². The Hall–Kier alpha value is -1.70. The van der Waals surface area contributed by atoms with E-state index >= 15 is 0 Å². The second kappa shape index (κ2) is 26.4. The van der Waals surface area contributed by atoms with Gasteiger partial charge >= 0.3 is 0 Å². The number of nitrogens with zero attached hydrogens (tertiary/aromatic N) is 2. The third kappa shape index (κ3) is 21.6. The molecule has 2 heteroatoms. The number of hydrogen-bond donors (Lipinski definition) is 0. The van der Waals surface area contributed by atoms with Gasteiger partial charge in [0.1, 0.15) is 0 Å². The Morgan fingerprint density at radius 3 is 0.972 bits per heavy atom. The van der Waals surface area contributed by atoms with Crippen LogP contribution in [0.25, 0.3) is 0 Å². The van der Waals surface area contributed by atoms with Crippen LogP contribution in [0, 0.1) is 0 Å². The molecule has 0 bridgehead atoms. The lowest BCUT2D eigenvalue weighted by atomic mass is 10.1. The van der Waals surface area contributed by atoms with E-state index in [1.165, 1.54) is 140 Å². The van der Waals surface area contributed by atoms with Gasteiger partial charge in [0.2, 0.25) is 0 Å². The average molecular weight is 495 g/mol. The van der Waals surface area contributed by atoms with E-state index in [1.807, 2.05) is 24.5 Å². The van der Waals surface area contributed by atoms with Gasteiger partial charge in [-0.3, -0.25) is 9.97 Å². The molecule has 0 saturated carbocycles. The van der Waals surface area contributed by atoms with Crippen LogP contribution >= 0.6 is 0 Å². The van der Waals surface area contributed by atoms with Crippen molar-refractivity contribution in [1.82, 2.24) is 9.97 Å². The van der Waals surface area contributed by atoms with Gasteiger partial charge in [-0.25, -0.2) is 0 Å². The molecule has 0 radical (unpaired) electrons. The van der Waals surface area contributed by atoms with Crippen LogP contribution in [-0.2, 0) is 12.8 Å². The van der Waals surface area contributed by atoms with Crippen molar-refractivity contribution in [2.45, 2.75) is 155 Å². The van der Waals surface area contributed by atoms with Crippen LogP contribution in [0.4, 0.5) is 0 Å². The average Bonchev–Trinajstić information content (AvgIpc) is 2.92. The van der Waals surface area contributed by atoms with Crippen molar-refractivity contribution in [2.75, 3.05) is 0 Å². The van der Waals surface area contributed by atoms with Crippen LogP contribution in [0.3, 0.4) is 0 Å². The van der Waals surface area contributed by atoms with Gasteiger partial charge in [-0.15, -0.1) is 0 Å². The Bertz CT molecular complexity index is 596. The topological polar surface area (TPSA) is 25.8 Å². The standard InChI is InChI=1S/2C17H29N/c2*1-2-3-4-5-6-7-8-9-10-11-14-17-15-12-13-16-18-17/h2*12-13,15-16H,2-11,14H2,1H3. The van der Waals surface area contributed by atoms with Gasteiger partial charge in [0, 0.05) is 23.8 Å². The Labute approximate surface area is 225 Å². The number of aromatic nitrogens is 2. The van der Waals surface area contributed by atoms with E-state index < -0.39 is 0 Å². The summed E-state index contributed by atoms with van der Waals surface area (Å²) in [5.41, 5.74) is 2.49. The van der Waals surface area contributed by atoms with Gasteiger partial charge in [0.25, 0.3) is 0 Å². The first kappa shape index (κ1) is 32.3. The predicted octanol–water partition coefficient (Wildman–Crippen LogP) is 11.1. The molecular weight excluding hydrogens is 436 g/mol. The fraction of sp³-hybridized carbons (Fsp3) is 0.706. The summed E-state index contributed by atoms with van der Waals surface area (Å²) in [4.78, 5) is 8.71. The fourth-order valence-corrected chi connectivity index (χ4v) is 4.68. The van der Waals surface area contributed by atoms with E-state index in [1.54, 1.807) is 0 Å².